The van der Waals surface area contributed by atoms with Crippen LogP contribution < -0.4 is 0 Å². The molecule has 2 aromatic rings. The number of carbonyl (C=O) groups is 1. The number of aldehydes is 1. The van der Waals surface area contributed by atoms with Crippen molar-refractivity contribution in [3.8, 4) is 0 Å². The van der Waals surface area contributed by atoms with Gasteiger partial charge in [-0.15, -0.1) is 0 Å². The Hall–Kier alpha value is -1.67. The lowest BCUT2D eigenvalue weighted by Crippen LogP contribution is -1.82. The molecule has 0 saturated carbocycles. The Morgan fingerprint density at radius 1 is 1.13 bits per heavy atom. The summed E-state index contributed by atoms with van der Waals surface area (Å²) < 4.78 is 0. The fraction of sp³-hybridized carbons (Fsp3) is 0. The molecule has 1 nitrogen and oxygen atoms in total. The van der Waals surface area contributed by atoms with Crippen LogP contribution in [-0.4, -0.2) is 6.29 Å². The van der Waals surface area contributed by atoms with Crippen molar-refractivity contribution in [1.29, 1.82) is 0 Å². The minimum Gasteiger partial charge on any atom is -0.298 e. The molecule has 0 aliphatic heterocycles. The van der Waals surface area contributed by atoms with Crippen LogP contribution >= 0.6 is 11.3 Å². The van der Waals surface area contributed by atoms with E-state index in [1.165, 1.54) is 0 Å². The highest BCUT2D eigenvalue weighted by Crippen LogP contribution is 2.18. The largest absolute Gasteiger partial charge is 0.298 e. The average molecular weight is 214 g/mol. The Morgan fingerprint density at radius 2 is 1.93 bits per heavy atom. The summed E-state index contributed by atoms with van der Waals surface area (Å²) in [6, 6.07) is 11.8. The molecule has 0 aliphatic rings. The van der Waals surface area contributed by atoms with E-state index in [9.17, 15) is 4.79 Å². The zero-order chi connectivity index (χ0) is 10.5. The van der Waals surface area contributed by atoms with Crippen molar-refractivity contribution in [3.05, 3.63) is 58.3 Å². The zero-order valence-electron chi connectivity index (χ0n) is 8.09. The quantitative estimate of drug-likeness (QED) is 0.564. The Kier molecular flexibility index (Phi) is 3.10. The van der Waals surface area contributed by atoms with E-state index in [1.807, 2.05) is 53.2 Å². The third-order valence-electron chi connectivity index (χ3n) is 2.10. The van der Waals surface area contributed by atoms with Gasteiger partial charge in [-0.25, -0.2) is 0 Å². The molecular weight excluding hydrogens is 204 g/mol. The van der Waals surface area contributed by atoms with Gasteiger partial charge in [-0.1, -0.05) is 30.3 Å². The number of allylic oxidation sites excluding steroid dienone is 1. The second-order valence-corrected chi connectivity index (χ2v) is 3.92. The molecule has 0 unspecified atom stereocenters. The van der Waals surface area contributed by atoms with Crippen LogP contribution in [0.1, 0.15) is 11.1 Å². The van der Waals surface area contributed by atoms with Gasteiger partial charge in [0, 0.05) is 5.57 Å². The number of thiophene rings is 1. The van der Waals surface area contributed by atoms with Gasteiger partial charge in [0.1, 0.15) is 0 Å². The van der Waals surface area contributed by atoms with Crippen LogP contribution in [0.4, 0.5) is 0 Å². The Balaban J connectivity index is 2.36. The van der Waals surface area contributed by atoms with Crippen molar-refractivity contribution >= 4 is 29.3 Å². The first-order chi connectivity index (χ1) is 7.40. The summed E-state index contributed by atoms with van der Waals surface area (Å²) in [5, 5.41) is 3.95. The molecule has 0 spiro atoms. The first kappa shape index (κ1) is 9.87. The highest BCUT2D eigenvalue weighted by Gasteiger charge is 2.00. The van der Waals surface area contributed by atoms with Crippen LogP contribution in [0.2, 0.25) is 0 Å². The van der Waals surface area contributed by atoms with Crippen molar-refractivity contribution < 1.29 is 4.79 Å². The number of hydrogen-bond donors (Lipinski definition) is 0. The fourth-order valence-corrected chi connectivity index (χ4v) is 2.01. The van der Waals surface area contributed by atoms with E-state index in [0.29, 0.717) is 0 Å². The first-order valence-electron chi connectivity index (χ1n) is 4.64. The number of hydrogen-bond acceptors (Lipinski definition) is 2. The Labute approximate surface area is 92.7 Å². The molecule has 15 heavy (non-hydrogen) atoms. The van der Waals surface area contributed by atoms with Crippen LogP contribution in [0.5, 0.6) is 0 Å². The van der Waals surface area contributed by atoms with Crippen molar-refractivity contribution in [2.45, 2.75) is 0 Å². The second-order valence-electron chi connectivity index (χ2n) is 3.14. The molecular formula is C13H10OS. The van der Waals surface area contributed by atoms with Crippen LogP contribution in [0.15, 0.2) is 47.2 Å². The maximum atomic E-state index is 10.9. The van der Waals surface area contributed by atoms with Crippen molar-refractivity contribution in [3.63, 3.8) is 0 Å². The molecule has 2 rings (SSSR count). The molecule has 0 amide bonds. The average Bonchev–Trinajstić information content (AvgIpc) is 2.81. The molecule has 0 N–H and O–H groups in total. The van der Waals surface area contributed by atoms with Gasteiger partial charge in [0.25, 0.3) is 0 Å². The van der Waals surface area contributed by atoms with E-state index >= 15 is 0 Å². The molecule has 0 fully saturated rings. The lowest BCUT2D eigenvalue weighted by atomic mass is 10.1. The van der Waals surface area contributed by atoms with Crippen LogP contribution in [0.25, 0.3) is 11.6 Å². The number of rotatable bonds is 3. The SMILES string of the molecule is O=C/C(=C/c1ccccc1)c1ccsc1. The third kappa shape index (κ3) is 2.42. The minimum atomic E-state index is 0.724. The summed E-state index contributed by atoms with van der Waals surface area (Å²) in [6.07, 6.45) is 2.80. The highest BCUT2D eigenvalue weighted by molar-refractivity contribution is 7.08. The van der Waals surface area contributed by atoms with Gasteiger partial charge < -0.3 is 0 Å². The lowest BCUT2D eigenvalue weighted by Gasteiger charge is -1.96. The van der Waals surface area contributed by atoms with E-state index < -0.39 is 0 Å². The van der Waals surface area contributed by atoms with Gasteiger partial charge in [-0.05, 0) is 34.0 Å². The van der Waals surface area contributed by atoms with Gasteiger partial charge in [0.2, 0.25) is 0 Å². The van der Waals surface area contributed by atoms with Gasteiger partial charge in [0.05, 0.1) is 0 Å². The topological polar surface area (TPSA) is 17.1 Å². The fourth-order valence-electron chi connectivity index (χ4n) is 1.34. The Bertz CT molecular complexity index is 455. The summed E-state index contributed by atoms with van der Waals surface area (Å²) in [5.41, 5.74) is 2.76. The predicted molar refractivity (Wildman–Crippen MR) is 64.7 cm³/mol. The summed E-state index contributed by atoms with van der Waals surface area (Å²) in [6.45, 7) is 0. The second kappa shape index (κ2) is 4.71. The molecule has 1 heterocycles. The molecule has 0 saturated heterocycles. The third-order valence-corrected chi connectivity index (χ3v) is 2.79. The van der Waals surface area contributed by atoms with Crippen LogP contribution in [-0.2, 0) is 4.79 Å². The monoisotopic (exact) mass is 214 g/mol. The molecule has 0 aliphatic carbocycles. The molecule has 1 aromatic heterocycles. The highest BCUT2D eigenvalue weighted by atomic mass is 32.1. The summed E-state index contributed by atoms with van der Waals surface area (Å²) >= 11 is 1.59. The molecule has 0 bridgehead atoms. The van der Waals surface area contributed by atoms with Gasteiger partial charge in [0.15, 0.2) is 6.29 Å². The number of carbonyl (C=O) groups excluding carboxylic acids is 1. The van der Waals surface area contributed by atoms with Crippen LogP contribution in [0, 0.1) is 0 Å². The normalized spacial score (nSPS) is 11.3. The maximum absolute atomic E-state index is 10.9. The van der Waals surface area contributed by atoms with Crippen LogP contribution in [0.3, 0.4) is 0 Å². The van der Waals surface area contributed by atoms with Gasteiger partial charge in [-0.3, -0.25) is 4.79 Å². The van der Waals surface area contributed by atoms with Crippen molar-refractivity contribution in [2.75, 3.05) is 0 Å². The lowest BCUT2D eigenvalue weighted by molar-refractivity contribution is -0.103. The summed E-state index contributed by atoms with van der Waals surface area (Å²) in [5.74, 6) is 0. The zero-order valence-corrected chi connectivity index (χ0v) is 8.91. The summed E-state index contributed by atoms with van der Waals surface area (Å²) in [4.78, 5) is 10.9. The van der Waals surface area contributed by atoms with E-state index in [0.717, 1.165) is 23.0 Å². The number of benzene rings is 1. The smallest absolute Gasteiger partial charge is 0.150 e. The molecule has 74 valence electrons. The maximum Gasteiger partial charge on any atom is 0.150 e. The van der Waals surface area contributed by atoms with E-state index in [2.05, 4.69) is 0 Å². The van der Waals surface area contributed by atoms with E-state index in [1.54, 1.807) is 11.3 Å². The molecule has 2 heteroatoms. The van der Waals surface area contributed by atoms with Gasteiger partial charge >= 0.3 is 0 Å². The first-order valence-corrected chi connectivity index (χ1v) is 5.59. The standard InChI is InChI=1S/C13H10OS/c14-9-13(12-6-7-15-10-12)8-11-4-2-1-3-5-11/h1-10H/b13-8-. The van der Waals surface area contributed by atoms with E-state index in [-0.39, 0.29) is 0 Å². The molecule has 0 radical (unpaired) electrons. The molecule has 0 atom stereocenters. The van der Waals surface area contributed by atoms with Gasteiger partial charge in [-0.2, -0.15) is 11.3 Å². The van der Waals surface area contributed by atoms with E-state index in [4.69, 9.17) is 0 Å². The minimum absolute atomic E-state index is 0.724. The predicted octanol–water partition coefficient (Wildman–Crippen LogP) is 3.49. The molecule has 1 aromatic carbocycles. The summed E-state index contributed by atoms with van der Waals surface area (Å²) in [7, 11) is 0. The van der Waals surface area contributed by atoms with Crippen molar-refractivity contribution in [1.82, 2.24) is 0 Å². The Morgan fingerprint density at radius 3 is 2.53 bits per heavy atom. The van der Waals surface area contributed by atoms with Crippen molar-refractivity contribution in [2.24, 2.45) is 0 Å².